The van der Waals surface area contributed by atoms with Gasteiger partial charge < -0.3 is 49.3 Å². The fourth-order valence-corrected chi connectivity index (χ4v) is 0. The molecule has 0 aliphatic carbocycles. The molecule has 3 radical (unpaired) electrons. The van der Waals surface area contributed by atoms with Gasteiger partial charge in [-0.2, -0.15) is 0 Å². The summed E-state index contributed by atoms with van der Waals surface area (Å²) in [5, 5.41) is 0. The van der Waals surface area contributed by atoms with Crippen LogP contribution in [0.5, 0.6) is 0 Å². The normalized spacial score (nSPS) is 0.750. The van der Waals surface area contributed by atoms with Crippen LogP contribution in [0.15, 0.2) is 0 Å². The van der Waals surface area contributed by atoms with Crippen molar-refractivity contribution in [1.82, 2.24) is 0 Å². The zero-order chi connectivity index (χ0) is 6.00. The van der Waals surface area contributed by atoms with Crippen LogP contribution in [0.2, 0.25) is 0 Å². The average Bonchev–Trinajstić information content (AvgIpc) is 1.81. The van der Waals surface area contributed by atoms with Crippen molar-refractivity contribution < 1.29 is 49.3 Å². The van der Waals surface area contributed by atoms with E-state index in [-0.39, 0.29) is 67.2 Å². The van der Waals surface area contributed by atoms with Gasteiger partial charge in [-0.1, -0.05) is 0 Å². The molecule has 0 aromatic carbocycles. The molecule has 1 unspecified atom stereocenters. The van der Waals surface area contributed by atoms with E-state index in [1.165, 1.54) is 63.2 Å². The van der Waals surface area contributed by atoms with E-state index in [4.69, 9.17) is 0 Å². The summed E-state index contributed by atoms with van der Waals surface area (Å²) in [4.78, 5) is 0. The molecule has 9 nitrogen and oxygen atoms in total. The summed E-state index contributed by atoms with van der Waals surface area (Å²) in [6.45, 7) is 0. The maximum absolute atomic E-state index is 4.13. The predicted octanol–water partition coefficient (Wildman–Crippen LogP) is -7.80. The van der Waals surface area contributed by atoms with Crippen molar-refractivity contribution in [1.29, 1.82) is 0 Å². The van der Waals surface area contributed by atoms with Gasteiger partial charge in [0.1, 0.15) is 0 Å². The topological polar surface area (TPSA) is 284 Å². The van der Waals surface area contributed by atoms with Gasteiger partial charge in [0.2, 0.25) is 0 Å². The van der Waals surface area contributed by atoms with E-state index in [9.17, 15) is 0 Å². The molecule has 0 aliphatic rings. The quantitative estimate of drug-likeness (QED) is 0.223. The molecule has 0 bridgehead atoms. The first-order valence-corrected chi connectivity index (χ1v) is 11.0. The zero-order valence-electron chi connectivity index (χ0n) is 7.77. The van der Waals surface area contributed by atoms with Gasteiger partial charge in [-0.15, -0.1) is 0 Å². The third-order valence-electron chi connectivity index (χ3n) is 0. The van der Waals surface area contributed by atoms with Gasteiger partial charge in [-0.3, -0.25) is 0 Å². The molecule has 16 heavy (non-hydrogen) atoms. The van der Waals surface area contributed by atoms with Crippen LogP contribution in [0.1, 0.15) is 0 Å². The summed E-state index contributed by atoms with van der Waals surface area (Å²) in [7, 11) is 12.4. The second-order valence-corrected chi connectivity index (χ2v) is 0. The first-order valence-electron chi connectivity index (χ1n) is 0.548. The Morgan fingerprint density at radius 1 is 0.312 bits per heavy atom. The van der Waals surface area contributed by atoms with E-state index in [1.807, 2.05) is 0 Å². The van der Waals surface area contributed by atoms with Gasteiger partial charge in [0, 0.05) is 0 Å². The van der Waals surface area contributed by atoms with Crippen LogP contribution in [-0.2, 0) is 0 Å². The minimum absolute atomic E-state index is 0. The van der Waals surface area contributed by atoms with E-state index in [1.54, 1.807) is 0 Å². The van der Waals surface area contributed by atoms with Gasteiger partial charge in [-0.05, 0) is 0 Å². The third-order valence-corrected chi connectivity index (χ3v) is 0. The van der Waals surface area contributed by atoms with Crippen LogP contribution >= 0.6 is 27.6 Å². The molecule has 0 rings (SSSR count). The average molecular weight is 702 g/mol. The molecule has 0 saturated heterocycles. The Labute approximate surface area is 155 Å². The van der Waals surface area contributed by atoms with Crippen LogP contribution in [0, 0.1) is 0 Å². The second kappa shape index (κ2) is 500. The Morgan fingerprint density at radius 3 is 0.312 bits per heavy atom. The second-order valence-electron chi connectivity index (χ2n) is 0. The molecule has 16 heteroatoms. The number of rotatable bonds is 0. The molecule has 0 saturated carbocycles. The Balaban J connectivity index is -0.000000000584. The van der Waals surface area contributed by atoms with E-state index in [0.717, 1.165) is 0 Å². The monoisotopic (exact) mass is 699 g/mol. The summed E-state index contributed by atoms with van der Waals surface area (Å²) in [5.41, 5.74) is 0. The van der Waals surface area contributed by atoms with Crippen molar-refractivity contribution in [2.24, 2.45) is 0 Å². The Kier molecular flexibility index (Phi) is 5080. The van der Waals surface area contributed by atoms with Crippen molar-refractivity contribution in [3.8, 4) is 0 Å². The Morgan fingerprint density at radius 2 is 0.312 bits per heavy atom. The number of hydrogen-bond donors (Lipinski definition) is 0. The van der Waals surface area contributed by atoms with Crippen LogP contribution in [0.25, 0.3) is 0 Å². The van der Waals surface area contributed by atoms with E-state index < -0.39 is 0 Å². The Hall–Kier alpha value is 3.31. The Bertz CT molecular complexity index is 30.7. The van der Waals surface area contributed by atoms with Gasteiger partial charge in [0.25, 0.3) is 0 Å². The fourth-order valence-electron chi connectivity index (χ4n) is 0. The first-order chi connectivity index (χ1) is 3.00. The van der Waals surface area contributed by atoms with Crippen molar-refractivity contribution in [2.45, 2.75) is 0 Å². The fraction of sp³-hybridized carbons (Fsp3) is 0. The summed E-state index contributed by atoms with van der Waals surface area (Å²) < 4.78 is 0. The summed E-state index contributed by atoms with van der Waals surface area (Å²) in [6.07, 6.45) is 0. The maximum atomic E-state index is 4.13. The van der Waals surface area contributed by atoms with Crippen LogP contribution in [-0.4, -0.2) is 130 Å². The molecule has 0 amide bonds. The molecule has 0 spiro atoms. The molecule has 0 heterocycles. The number of hydrogen-bond acceptors (Lipinski definition) is 3. The van der Waals surface area contributed by atoms with Gasteiger partial charge in [0.15, 0.2) is 0 Å². The SMILES string of the molecule is O.O.O.O.O.O.O.O.O.[AsH3].[S]=[Sb].[S]=[Sb].[S]=[Sb]. The van der Waals surface area contributed by atoms with Gasteiger partial charge in [-0.25, -0.2) is 0 Å². The summed E-state index contributed by atoms with van der Waals surface area (Å²) >= 11 is 4.00. The molecule has 1 atom stereocenters. The van der Waals surface area contributed by atoms with E-state index in [2.05, 4.69) is 27.6 Å². The van der Waals surface area contributed by atoms with Crippen molar-refractivity contribution >= 4 is 109 Å². The predicted molar refractivity (Wildman–Crippen MR) is 82.5 cm³/mol. The molecular formula is H21AsO9S3Sb3. The standard InChI is InChI=1S/AsH3.9H2O.3S.3Sb/h1H3;9*1H2;;;;;;. The summed E-state index contributed by atoms with van der Waals surface area (Å²) in [6, 6.07) is 0. The first kappa shape index (κ1) is 163. The zero-order valence-corrected chi connectivity index (χ0v) is 20.8. The van der Waals surface area contributed by atoms with Gasteiger partial charge in [0.05, 0.1) is 0 Å². The van der Waals surface area contributed by atoms with Crippen LogP contribution in [0.4, 0.5) is 0 Å². The molecule has 0 aromatic heterocycles. The van der Waals surface area contributed by atoms with Crippen molar-refractivity contribution in [3.05, 3.63) is 0 Å². The van der Waals surface area contributed by atoms with E-state index in [0.29, 0.717) is 0 Å². The molecule has 113 valence electrons. The molecule has 18 N–H and O–H groups in total. The van der Waals surface area contributed by atoms with Crippen molar-refractivity contribution in [2.75, 3.05) is 0 Å². The molecular weight excluding hydrogens is 680 g/mol. The van der Waals surface area contributed by atoms with Gasteiger partial charge >= 0.3 is 109 Å². The van der Waals surface area contributed by atoms with Crippen LogP contribution < -0.4 is 0 Å². The summed E-state index contributed by atoms with van der Waals surface area (Å²) in [5.74, 6) is 0. The molecule has 0 aliphatic heterocycles. The van der Waals surface area contributed by atoms with Crippen molar-refractivity contribution in [3.63, 3.8) is 0 Å². The van der Waals surface area contributed by atoms with Crippen LogP contribution in [0.3, 0.4) is 0 Å². The minimum atomic E-state index is 0. The molecule has 0 fully saturated rings. The third kappa shape index (κ3) is 420. The molecule has 0 aromatic rings. The van der Waals surface area contributed by atoms with E-state index >= 15 is 0 Å².